The first kappa shape index (κ1) is 35.4. The Hall–Kier alpha value is -5.97. The lowest BCUT2D eigenvalue weighted by Gasteiger charge is -2.55. The number of ether oxygens (including phenoxy) is 1. The van der Waals surface area contributed by atoms with E-state index in [2.05, 4.69) is 30.0 Å². The number of para-hydroxylation sites is 1. The summed E-state index contributed by atoms with van der Waals surface area (Å²) in [5.74, 6) is 0.357. The minimum atomic E-state index is -1.24. The number of halogens is 1. The molecule has 4 saturated heterocycles. The zero-order chi connectivity index (χ0) is 38.9. The van der Waals surface area contributed by atoms with Crippen molar-refractivity contribution < 1.29 is 28.6 Å². The number of fused-ring (bicyclic) bond motifs is 2. The average molecular weight is 773 g/mol. The van der Waals surface area contributed by atoms with Crippen molar-refractivity contribution in [2.45, 2.75) is 55.8 Å². The molecule has 15 nitrogen and oxygen atoms in total. The summed E-state index contributed by atoms with van der Waals surface area (Å²) in [6, 6.07) is 21.7. The van der Waals surface area contributed by atoms with Crippen LogP contribution >= 0.6 is 0 Å². The fourth-order valence-electron chi connectivity index (χ4n) is 8.98. The van der Waals surface area contributed by atoms with Gasteiger partial charge in [0.1, 0.15) is 41.6 Å². The number of rotatable bonds is 8. The van der Waals surface area contributed by atoms with E-state index < -0.39 is 36.3 Å². The highest BCUT2D eigenvalue weighted by molar-refractivity contribution is 6.06. The zero-order valence-electron chi connectivity index (χ0n) is 30.9. The van der Waals surface area contributed by atoms with E-state index in [0.29, 0.717) is 58.4 Å². The van der Waals surface area contributed by atoms with Gasteiger partial charge in [0.2, 0.25) is 11.8 Å². The number of nitrogens with zero attached hydrogens (tertiary/aromatic N) is 8. The van der Waals surface area contributed by atoms with Crippen LogP contribution in [-0.2, 0) is 9.59 Å². The fraction of sp³-hybridized carbons (Fsp3) is 0.366. The number of aliphatic hydroxyl groups is 1. The normalized spacial score (nSPS) is 24.7. The van der Waals surface area contributed by atoms with Gasteiger partial charge in [0.25, 0.3) is 5.91 Å². The average Bonchev–Trinajstić information content (AvgIpc) is 3.68. The molecule has 0 saturated carbocycles. The van der Waals surface area contributed by atoms with Crippen molar-refractivity contribution >= 4 is 40.3 Å². The number of aromatic nitrogens is 4. The minimum absolute atomic E-state index is 0.117. The molecule has 4 unspecified atom stereocenters. The molecule has 0 aliphatic carbocycles. The van der Waals surface area contributed by atoms with Crippen LogP contribution in [0, 0.1) is 0 Å². The minimum Gasteiger partial charge on any atom is -0.457 e. The van der Waals surface area contributed by atoms with Crippen LogP contribution in [-0.4, -0.2) is 121 Å². The van der Waals surface area contributed by atoms with E-state index in [1.54, 1.807) is 16.8 Å². The molecule has 4 N–H and O–H groups in total. The molecule has 4 fully saturated rings. The SMILES string of the molecule is Nc1ncnc2c1c(-c1ccc(Oc3ccccc3)cc1)nn2C1CCN(C2CN(C3CN(c4ccc5c(c4)C(=O)N(C4CCC(=O)NC4=O)C5O)C3)C2)CC1F. The van der Waals surface area contributed by atoms with Crippen LogP contribution in [0.2, 0.25) is 0 Å². The van der Waals surface area contributed by atoms with Crippen LogP contribution in [0.4, 0.5) is 15.9 Å². The highest BCUT2D eigenvalue weighted by Crippen LogP contribution is 2.40. The highest BCUT2D eigenvalue weighted by atomic mass is 19.1. The van der Waals surface area contributed by atoms with Crippen molar-refractivity contribution in [2.75, 3.05) is 49.9 Å². The Labute approximate surface area is 326 Å². The predicted molar refractivity (Wildman–Crippen MR) is 207 cm³/mol. The number of carbonyl (C=O) groups is 3. The van der Waals surface area contributed by atoms with Gasteiger partial charge in [-0.05, 0) is 61.4 Å². The number of nitrogens with two attached hydrogens (primary N) is 1. The first-order valence-electron chi connectivity index (χ1n) is 19.4. The number of likely N-dealkylation sites (tertiary alicyclic amines) is 2. The Kier molecular flexibility index (Phi) is 8.64. The van der Waals surface area contributed by atoms with Crippen LogP contribution < -0.4 is 20.7 Å². The molecule has 0 spiro atoms. The molecule has 2 aromatic heterocycles. The van der Waals surface area contributed by atoms with Crippen molar-refractivity contribution in [3.8, 4) is 22.8 Å². The van der Waals surface area contributed by atoms with Gasteiger partial charge in [0.05, 0.1) is 11.4 Å². The van der Waals surface area contributed by atoms with E-state index in [4.69, 9.17) is 15.6 Å². The summed E-state index contributed by atoms with van der Waals surface area (Å²) < 4.78 is 23.9. The van der Waals surface area contributed by atoms with Crippen LogP contribution in [0.3, 0.4) is 0 Å². The molecule has 5 aliphatic rings. The van der Waals surface area contributed by atoms with Crippen LogP contribution in [0.25, 0.3) is 22.3 Å². The number of nitrogens with one attached hydrogen (secondary N) is 1. The third-order valence-corrected chi connectivity index (χ3v) is 12.2. The first-order valence-corrected chi connectivity index (χ1v) is 19.4. The Morgan fingerprint density at radius 3 is 2.37 bits per heavy atom. The number of nitrogen functional groups attached to an aromatic ring is 1. The van der Waals surface area contributed by atoms with E-state index in [1.807, 2.05) is 60.7 Å². The van der Waals surface area contributed by atoms with Crippen molar-refractivity contribution in [2.24, 2.45) is 0 Å². The molecule has 5 aliphatic heterocycles. The number of alkyl halides is 1. The monoisotopic (exact) mass is 772 g/mol. The lowest BCUT2D eigenvalue weighted by molar-refractivity contribution is -0.139. The van der Waals surface area contributed by atoms with Crippen molar-refractivity contribution in [1.82, 2.24) is 39.8 Å². The summed E-state index contributed by atoms with van der Waals surface area (Å²) in [4.78, 5) is 54.3. The molecule has 0 radical (unpaired) electrons. The molecule has 16 heteroatoms. The van der Waals surface area contributed by atoms with Gasteiger partial charge in [-0.15, -0.1) is 0 Å². The Bertz CT molecular complexity index is 2380. The molecule has 0 bridgehead atoms. The molecular weight excluding hydrogens is 732 g/mol. The third kappa shape index (κ3) is 6.15. The van der Waals surface area contributed by atoms with Gasteiger partial charge < -0.3 is 20.5 Å². The predicted octanol–water partition coefficient (Wildman–Crippen LogP) is 3.28. The number of benzene rings is 3. The molecule has 10 rings (SSSR count). The van der Waals surface area contributed by atoms with Crippen molar-refractivity contribution in [1.29, 1.82) is 0 Å². The van der Waals surface area contributed by atoms with Gasteiger partial charge in [0.15, 0.2) is 11.9 Å². The molecule has 3 aromatic carbocycles. The summed E-state index contributed by atoms with van der Waals surface area (Å²) in [5.41, 5.74) is 10.0. The van der Waals surface area contributed by atoms with Gasteiger partial charge in [-0.1, -0.05) is 24.3 Å². The molecule has 5 aromatic rings. The number of hydrogen-bond acceptors (Lipinski definition) is 12. The van der Waals surface area contributed by atoms with E-state index >= 15 is 4.39 Å². The third-order valence-electron chi connectivity index (χ3n) is 12.2. The van der Waals surface area contributed by atoms with Gasteiger partial charge >= 0.3 is 0 Å². The topological polar surface area (TPSA) is 175 Å². The Balaban J connectivity index is 0.752. The number of hydrogen-bond donors (Lipinski definition) is 3. The second-order valence-corrected chi connectivity index (χ2v) is 15.5. The molecule has 292 valence electrons. The lowest BCUT2D eigenvalue weighted by Crippen LogP contribution is -2.70. The Morgan fingerprint density at radius 2 is 1.61 bits per heavy atom. The van der Waals surface area contributed by atoms with Gasteiger partial charge in [-0.25, -0.2) is 19.0 Å². The van der Waals surface area contributed by atoms with Crippen LogP contribution in [0.1, 0.15) is 47.5 Å². The second kappa shape index (κ2) is 13.9. The maximum Gasteiger partial charge on any atom is 0.257 e. The largest absolute Gasteiger partial charge is 0.457 e. The zero-order valence-corrected chi connectivity index (χ0v) is 30.9. The van der Waals surface area contributed by atoms with E-state index in [0.717, 1.165) is 49.7 Å². The van der Waals surface area contributed by atoms with Gasteiger partial charge in [-0.3, -0.25) is 34.4 Å². The lowest BCUT2D eigenvalue weighted by atomic mass is 9.94. The van der Waals surface area contributed by atoms with Crippen molar-refractivity contribution in [3.05, 3.63) is 90.3 Å². The van der Waals surface area contributed by atoms with Crippen molar-refractivity contribution in [3.63, 3.8) is 0 Å². The number of anilines is 2. The quantitative estimate of drug-likeness (QED) is 0.197. The number of aliphatic hydroxyl groups excluding tert-OH is 1. The molecule has 57 heavy (non-hydrogen) atoms. The van der Waals surface area contributed by atoms with Gasteiger partial charge in [-0.2, -0.15) is 5.10 Å². The van der Waals surface area contributed by atoms with E-state index in [9.17, 15) is 19.5 Å². The molecule has 4 atom stereocenters. The summed E-state index contributed by atoms with van der Waals surface area (Å²) in [6.07, 6.45) is -0.130. The van der Waals surface area contributed by atoms with Crippen LogP contribution in [0.5, 0.6) is 11.5 Å². The first-order chi connectivity index (χ1) is 27.7. The molecule has 3 amide bonds. The summed E-state index contributed by atoms with van der Waals surface area (Å²) in [7, 11) is 0. The summed E-state index contributed by atoms with van der Waals surface area (Å²) in [5, 5.41) is 18.7. The number of piperidine rings is 2. The maximum absolute atomic E-state index is 16.2. The number of imide groups is 1. The standard InChI is InChI=1S/C41H41FN10O5/c42-31-21-48(15-14-32(31)52-38-35(37(43)44-22-45-38)36(47-52)23-6-9-28(10-7-23)57-27-4-2-1-3-5-27)25-17-50(18-25)26-19-49(20-26)24-8-11-29-30(16-24)41(56)51(40(29)55)33-12-13-34(53)46-39(33)54/h1-11,16,22,25-26,31-33,40,55H,12-15,17-21H2,(H2,43,44,45)(H,46,53,54). The Morgan fingerprint density at radius 1 is 0.860 bits per heavy atom. The summed E-state index contributed by atoms with van der Waals surface area (Å²) in [6.45, 7) is 4.31. The highest BCUT2D eigenvalue weighted by Gasteiger charge is 2.46. The molecule has 7 heterocycles. The number of carbonyl (C=O) groups excluding carboxylic acids is 3. The fourth-order valence-corrected chi connectivity index (χ4v) is 8.98. The second-order valence-electron chi connectivity index (χ2n) is 15.5. The smallest absolute Gasteiger partial charge is 0.257 e. The van der Waals surface area contributed by atoms with E-state index in [1.165, 1.54) is 11.2 Å². The van der Waals surface area contributed by atoms with Gasteiger partial charge in [0, 0.05) is 80.2 Å². The van der Waals surface area contributed by atoms with E-state index in [-0.39, 0.29) is 24.8 Å². The molecular formula is C41H41FN10O5. The number of amides is 3. The maximum atomic E-state index is 16.2. The van der Waals surface area contributed by atoms with Crippen LogP contribution in [0.15, 0.2) is 79.1 Å². The summed E-state index contributed by atoms with van der Waals surface area (Å²) >= 11 is 0.